The number of nitrogens with zero attached hydrogens (tertiary/aromatic N) is 2. The molecular weight excluding hydrogens is 226 g/mol. The highest BCUT2D eigenvalue weighted by Gasteiger charge is 2.17. The first-order valence-corrected chi connectivity index (χ1v) is 6.20. The lowest BCUT2D eigenvalue weighted by atomic mass is 10.1. The van der Waals surface area contributed by atoms with Crippen LogP contribution in [-0.2, 0) is 6.42 Å². The molecule has 2 aromatic rings. The van der Waals surface area contributed by atoms with E-state index in [1.807, 2.05) is 19.9 Å². The fourth-order valence-corrected chi connectivity index (χ4v) is 1.77. The molecule has 96 valence electrons. The topological polar surface area (TPSA) is 64.9 Å². The highest BCUT2D eigenvalue weighted by molar-refractivity contribution is 5.24. The van der Waals surface area contributed by atoms with Gasteiger partial charge in [0.15, 0.2) is 5.82 Å². The Morgan fingerprint density at radius 3 is 2.78 bits per heavy atom. The molecule has 0 fully saturated rings. The third-order valence-corrected chi connectivity index (χ3v) is 2.94. The van der Waals surface area contributed by atoms with Crippen molar-refractivity contribution in [2.24, 2.45) is 11.7 Å². The molecule has 0 spiro atoms. The third-order valence-electron chi connectivity index (χ3n) is 2.94. The SMILES string of the molecule is Cc1cccc(Cc2nc(C(N)C(C)C)no2)c1. The van der Waals surface area contributed by atoms with Crippen LogP contribution in [0.2, 0.25) is 0 Å². The van der Waals surface area contributed by atoms with Crippen molar-refractivity contribution in [3.05, 3.63) is 47.1 Å². The van der Waals surface area contributed by atoms with E-state index < -0.39 is 0 Å². The van der Waals surface area contributed by atoms with Crippen LogP contribution in [0.4, 0.5) is 0 Å². The average Bonchev–Trinajstić information content (AvgIpc) is 2.76. The summed E-state index contributed by atoms with van der Waals surface area (Å²) in [5.41, 5.74) is 8.38. The van der Waals surface area contributed by atoms with Crippen LogP contribution in [0.5, 0.6) is 0 Å². The molecule has 2 rings (SSSR count). The van der Waals surface area contributed by atoms with Crippen molar-refractivity contribution < 1.29 is 4.52 Å². The number of benzene rings is 1. The van der Waals surface area contributed by atoms with Gasteiger partial charge in [-0.3, -0.25) is 0 Å². The quantitative estimate of drug-likeness (QED) is 0.899. The van der Waals surface area contributed by atoms with Crippen molar-refractivity contribution >= 4 is 0 Å². The summed E-state index contributed by atoms with van der Waals surface area (Å²) in [5.74, 6) is 1.51. The van der Waals surface area contributed by atoms with Crippen LogP contribution in [0.3, 0.4) is 0 Å². The lowest BCUT2D eigenvalue weighted by molar-refractivity contribution is 0.368. The standard InChI is InChI=1S/C14H19N3O/c1-9(2)13(15)14-16-12(18-17-14)8-11-6-4-5-10(3)7-11/h4-7,9,13H,8,15H2,1-3H3. The minimum absolute atomic E-state index is 0.167. The number of aromatic nitrogens is 2. The molecule has 1 unspecified atom stereocenters. The first kappa shape index (κ1) is 12.8. The van der Waals surface area contributed by atoms with Gasteiger partial charge in [0.2, 0.25) is 5.89 Å². The summed E-state index contributed by atoms with van der Waals surface area (Å²) in [6.07, 6.45) is 0.652. The van der Waals surface area contributed by atoms with E-state index in [1.54, 1.807) is 0 Å². The van der Waals surface area contributed by atoms with E-state index in [9.17, 15) is 0 Å². The van der Waals surface area contributed by atoms with Crippen LogP contribution in [0.25, 0.3) is 0 Å². The minimum atomic E-state index is -0.167. The Bertz CT molecular complexity index is 519. The van der Waals surface area contributed by atoms with Crippen LogP contribution >= 0.6 is 0 Å². The smallest absolute Gasteiger partial charge is 0.231 e. The molecule has 0 amide bonds. The molecule has 4 heteroatoms. The molecule has 1 heterocycles. The van der Waals surface area contributed by atoms with Gasteiger partial charge in [0.05, 0.1) is 12.5 Å². The molecule has 1 atom stereocenters. The zero-order valence-electron chi connectivity index (χ0n) is 11.1. The molecule has 0 bridgehead atoms. The molecule has 0 radical (unpaired) electrons. The van der Waals surface area contributed by atoms with Gasteiger partial charge in [-0.05, 0) is 18.4 Å². The zero-order valence-corrected chi connectivity index (χ0v) is 11.1. The predicted octanol–water partition coefficient (Wildman–Crippen LogP) is 2.62. The monoisotopic (exact) mass is 245 g/mol. The summed E-state index contributed by atoms with van der Waals surface area (Å²) in [7, 11) is 0. The highest BCUT2D eigenvalue weighted by Crippen LogP contribution is 2.17. The van der Waals surface area contributed by atoms with Crippen molar-refractivity contribution in [2.45, 2.75) is 33.2 Å². The van der Waals surface area contributed by atoms with E-state index in [2.05, 4.69) is 35.3 Å². The summed E-state index contributed by atoms with van der Waals surface area (Å²) < 4.78 is 5.24. The van der Waals surface area contributed by atoms with Crippen LogP contribution < -0.4 is 5.73 Å². The second-order valence-electron chi connectivity index (χ2n) is 4.98. The minimum Gasteiger partial charge on any atom is -0.339 e. The Morgan fingerprint density at radius 1 is 1.33 bits per heavy atom. The van der Waals surface area contributed by atoms with Crippen LogP contribution in [0.1, 0.15) is 42.7 Å². The molecular formula is C14H19N3O. The second kappa shape index (κ2) is 5.31. The Hall–Kier alpha value is -1.68. The number of hydrogen-bond donors (Lipinski definition) is 1. The number of rotatable bonds is 4. The molecule has 0 aliphatic rings. The lowest BCUT2D eigenvalue weighted by Gasteiger charge is -2.09. The van der Waals surface area contributed by atoms with Crippen molar-refractivity contribution in [3.63, 3.8) is 0 Å². The van der Waals surface area contributed by atoms with Gasteiger partial charge in [-0.1, -0.05) is 48.8 Å². The van der Waals surface area contributed by atoms with Gasteiger partial charge in [-0.25, -0.2) is 0 Å². The molecule has 0 saturated heterocycles. The maximum Gasteiger partial charge on any atom is 0.231 e. The molecule has 1 aromatic heterocycles. The molecule has 2 N–H and O–H groups in total. The molecule has 0 aliphatic carbocycles. The normalized spacial score (nSPS) is 12.9. The Labute approximate surface area is 107 Å². The Kier molecular flexibility index (Phi) is 3.77. The lowest BCUT2D eigenvalue weighted by Crippen LogP contribution is -2.18. The number of hydrogen-bond acceptors (Lipinski definition) is 4. The van der Waals surface area contributed by atoms with Gasteiger partial charge in [0.25, 0.3) is 0 Å². The molecule has 18 heavy (non-hydrogen) atoms. The molecule has 1 aromatic carbocycles. The summed E-state index contributed by atoms with van der Waals surface area (Å²) in [4.78, 5) is 4.35. The maximum atomic E-state index is 5.98. The number of nitrogens with two attached hydrogens (primary N) is 1. The van der Waals surface area contributed by atoms with E-state index in [0.717, 1.165) is 0 Å². The van der Waals surface area contributed by atoms with Crippen LogP contribution in [0, 0.1) is 12.8 Å². The van der Waals surface area contributed by atoms with E-state index in [4.69, 9.17) is 10.3 Å². The zero-order chi connectivity index (χ0) is 13.1. The second-order valence-corrected chi connectivity index (χ2v) is 4.98. The van der Waals surface area contributed by atoms with Crippen molar-refractivity contribution in [3.8, 4) is 0 Å². The van der Waals surface area contributed by atoms with Gasteiger partial charge >= 0.3 is 0 Å². The van der Waals surface area contributed by atoms with Crippen molar-refractivity contribution in [1.29, 1.82) is 0 Å². The molecule has 0 aliphatic heterocycles. The van der Waals surface area contributed by atoms with Gasteiger partial charge in [0, 0.05) is 0 Å². The van der Waals surface area contributed by atoms with Crippen molar-refractivity contribution in [2.75, 3.05) is 0 Å². The largest absolute Gasteiger partial charge is 0.339 e. The van der Waals surface area contributed by atoms with Crippen molar-refractivity contribution in [1.82, 2.24) is 10.1 Å². The maximum absolute atomic E-state index is 5.98. The van der Waals surface area contributed by atoms with Gasteiger partial charge in [-0.2, -0.15) is 4.98 Å². The predicted molar refractivity (Wildman–Crippen MR) is 70.0 cm³/mol. The summed E-state index contributed by atoms with van der Waals surface area (Å²) in [6, 6.07) is 8.10. The number of aryl methyl sites for hydroxylation is 1. The summed E-state index contributed by atoms with van der Waals surface area (Å²) in [6.45, 7) is 6.15. The van der Waals surface area contributed by atoms with Gasteiger partial charge in [0.1, 0.15) is 0 Å². The molecule has 0 saturated carbocycles. The van der Waals surface area contributed by atoms with E-state index in [-0.39, 0.29) is 6.04 Å². The first-order valence-electron chi connectivity index (χ1n) is 6.20. The third kappa shape index (κ3) is 2.96. The Morgan fingerprint density at radius 2 is 2.11 bits per heavy atom. The molecule has 4 nitrogen and oxygen atoms in total. The van der Waals surface area contributed by atoms with Crippen LogP contribution in [-0.4, -0.2) is 10.1 Å². The Balaban J connectivity index is 2.11. The fourth-order valence-electron chi connectivity index (χ4n) is 1.77. The van der Waals surface area contributed by atoms with E-state index in [0.29, 0.717) is 24.1 Å². The highest BCUT2D eigenvalue weighted by atomic mass is 16.5. The van der Waals surface area contributed by atoms with Gasteiger partial charge < -0.3 is 10.3 Å². The summed E-state index contributed by atoms with van der Waals surface area (Å²) >= 11 is 0. The summed E-state index contributed by atoms with van der Waals surface area (Å²) in [5, 5.41) is 3.94. The fraction of sp³-hybridized carbons (Fsp3) is 0.429. The first-order chi connectivity index (χ1) is 8.56. The van der Waals surface area contributed by atoms with Crippen LogP contribution in [0.15, 0.2) is 28.8 Å². The average molecular weight is 245 g/mol. The van der Waals surface area contributed by atoms with Gasteiger partial charge in [-0.15, -0.1) is 0 Å². The van der Waals surface area contributed by atoms with E-state index in [1.165, 1.54) is 11.1 Å². The van der Waals surface area contributed by atoms with E-state index >= 15 is 0 Å².